The van der Waals surface area contributed by atoms with Crippen LogP contribution in [0.15, 0.2) is 0 Å². The molecule has 0 amide bonds. The Morgan fingerprint density at radius 1 is 1.57 bits per heavy atom. The Morgan fingerprint density at radius 2 is 2.36 bits per heavy atom. The van der Waals surface area contributed by atoms with Crippen LogP contribution in [0.4, 0.5) is 0 Å². The topological polar surface area (TPSA) is 64.3 Å². The zero-order chi connectivity index (χ0) is 10.4. The van der Waals surface area contributed by atoms with Crippen molar-refractivity contribution in [1.29, 1.82) is 0 Å². The van der Waals surface area contributed by atoms with E-state index >= 15 is 0 Å². The van der Waals surface area contributed by atoms with E-state index in [1.54, 1.807) is 0 Å². The Labute approximate surface area is 85.2 Å². The number of nitrogens with two attached hydrogens (primary N) is 1. The second-order valence-electron chi connectivity index (χ2n) is 3.91. The predicted octanol–water partition coefficient (Wildman–Crippen LogP) is 0.472. The summed E-state index contributed by atoms with van der Waals surface area (Å²) in [5.41, 5.74) is 5.36. The van der Waals surface area contributed by atoms with Crippen LogP contribution in [0.3, 0.4) is 0 Å². The van der Waals surface area contributed by atoms with E-state index in [1.165, 1.54) is 13.5 Å². The molecule has 0 bridgehead atoms. The summed E-state index contributed by atoms with van der Waals surface area (Å²) >= 11 is 0. The van der Waals surface area contributed by atoms with Crippen LogP contribution in [0.5, 0.6) is 0 Å². The van der Waals surface area contributed by atoms with Crippen LogP contribution in [-0.4, -0.2) is 26.3 Å². The zero-order valence-corrected chi connectivity index (χ0v) is 8.79. The summed E-state index contributed by atoms with van der Waals surface area (Å²) in [6, 6.07) is 0. The van der Waals surface area contributed by atoms with Crippen molar-refractivity contribution in [1.82, 2.24) is 5.32 Å². The third-order valence-electron chi connectivity index (χ3n) is 2.89. The summed E-state index contributed by atoms with van der Waals surface area (Å²) in [5.74, 6) is 0.636. The first-order chi connectivity index (χ1) is 6.77. The van der Waals surface area contributed by atoms with E-state index < -0.39 is 0 Å². The van der Waals surface area contributed by atoms with Crippen molar-refractivity contribution in [2.45, 2.75) is 25.7 Å². The highest BCUT2D eigenvalue weighted by atomic mass is 16.5. The summed E-state index contributed by atoms with van der Waals surface area (Å²) in [6.07, 6.45) is 4.24. The van der Waals surface area contributed by atoms with Gasteiger partial charge in [-0.15, -0.1) is 0 Å². The molecule has 82 valence electrons. The molecule has 0 spiro atoms. The molecule has 0 saturated heterocycles. The number of ether oxygens (including phenoxy) is 1. The molecule has 1 saturated carbocycles. The third-order valence-corrected chi connectivity index (χ3v) is 2.89. The van der Waals surface area contributed by atoms with E-state index in [2.05, 4.69) is 5.32 Å². The first-order valence-electron chi connectivity index (χ1n) is 5.26. The average Bonchev–Trinajstić information content (AvgIpc) is 2.25. The van der Waals surface area contributed by atoms with E-state index in [-0.39, 0.29) is 11.9 Å². The highest BCUT2D eigenvalue weighted by Gasteiger charge is 2.27. The van der Waals surface area contributed by atoms with Gasteiger partial charge in [-0.25, -0.2) is 0 Å². The first kappa shape index (κ1) is 11.5. The molecule has 1 aliphatic rings. The van der Waals surface area contributed by atoms with Gasteiger partial charge in [0, 0.05) is 6.67 Å². The van der Waals surface area contributed by atoms with Crippen LogP contribution in [0.1, 0.15) is 25.7 Å². The second kappa shape index (κ2) is 5.98. The molecule has 14 heavy (non-hydrogen) atoms. The minimum Gasteiger partial charge on any atom is -0.469 e. The molecule has 1 fully saturated rings. The molecule has 4 nitrogen and oxygen atoms in total. The van der Waals surface area contributed by atoms with Gasteiger partial charge in [0.1, 0.15) is 0 Å². The lowest BCUT2D eigenvalue weighted by molar-refractivity contribution is -0.147. The number of hydrogen-bond donors (Lipinski definition) is 2. The minimum absolute atomic E-state index is 0.0533. The lowest BCUT2D eigenvalue weighted by Crippen LogP contribution is -2.33. The van der Waals surface area contributed by atoms with Crippen molar-refractivity contribution in [2.75, 3.05) is 20.3 Å². The Hall–Kier alpha value is -0.610. The van der Waals surface area contributed by atoms with Crippen LogP contribution in [-0.2, 0) is 9.53 Å². The van der Waals surface area contributed by atoms with E-state index in [4.69, 9.17) is 10.5 Å². The van der Waals surface area contributed by atoms with E-state index in [0.29, 0.717) is 12.6 Å². The molecule has 3 N–H and O–H groups in total. The maximum atomic E-state index is 11.3. The molecule has 2 atom stereocenters. The monoisotopic (exact) mass is 200 g/mol. The van der Waals surface area contributed by atoms with Crippen LogP contribution < -0.4 is 11.1 Å². The molecule has 0 radical (unpaired) electrons. The number of esters is 1. The molecular formula is C10H20N2O2. The molecule has 0 aromatic carbocycles. The Balaban J connectivity index is 2.31. The Bertz CT molecular complexity index is 185. The normalized spacial score (nSPS) is 27.3. The molecule has 0 heterocycles. The van der Waals surface area contributed by atoms with Gasteiger partial charge in [-0.3, -0.25) is 4.79 Å². The van der Waals surface area contributed by atoms with Crippen molar-refractivity contribution in [2.24, 2.45) is 17.6 Å². The number of methoxy groups -OCH3 is 1. The van der Waals surface area contributed by atoms with Crippen molar-refractivity contribution in [3.05, 3.63) is 0 Å². The quantitative estimate of drug-likeness (QED) is 0.511. The number of hydrogen-bond acceptors (Lipinski definition) is 4. The molecule has 1 rings (SSSR count). The summed E-state index contributed by atoms with van der Waals surface area (Å²) < 4.78 is 4.76. The summed E-state index contributed by atoms with van der Waals surface area (Å²) in [6.45, 7) is 1.43. The van der Waals surface area contributed by atoms with Gasteiger partial charge < -0.3 is 15.8 Å². The second-order valence-corrected chi connectivity index (χ2v) is 3.91. The molecule has 4 heteroatoms. The van der Waals surface area contributed by atoms with Gasteiger partial charge in [-0.1, -0.05) is 6.42 Å². The summed E-state index contributed by atoms with van der Waals surface area (Å²) in [7, 11) is 1.46. The van der Waals surface area contributed by atoms with Crippen LogP contribution >= 0.6 is 0 Å². The molecule has 0 aromatic rings. The molecule has 0 aliphatic heterocycles. The SMILES string of the molecule is COC(=O)C1CCCC(CNCN)C1. The fourth-order valence-corrected chi connectivity index (χ4v) is 2.14. The first-order valence-corrected chi connectivity index (χ1v) is 5.26. The summed E-state index contributed by atoms with van der Waals surface area (Å²) in [5, 5.41) is 3.12. The molecular weight excluding hydrogens is 180 g/mol. The molecule has 2 unspecified atom stereocenters. The predicted molar refractivity (Wildman–Crippen MR) is 54.5 cm³/mol. The zero-order valence-electron chi connectivity index (χ0n) is 8.79. The highest BCUT2D eigenvalue weighted by Crippen LogP contribution is 2.29. The number of carbonyl (C=O) groups excluding carboxylic acids is 1. The maximum Gasteiger partial charge on any atom is 0.308 e. The standard InChI is InChI=1S/C10H20N2O2/c1-14-10(13)9-4-2-3-8(5-9)6-12-7-11/h8-9,12H,2-7,11H2,1H3. The van der Waals surface area contributed by atoms with Gasteiger partial charge in [-0.05, 0) is 31.7 Å². The van der Waals surface area contributed by atoms with Crippen molar-refractivity contribution < 1.29 is 9.53 Å². The van der Waals surface area contributed by atoms with Gasteiger partial charge >= 0.3 is 5.97 Å². The van der Waals surface area contributed by atoms with Gasteiger partial charge in [0.15, 0.2) is 0 Å². The van der Waals surface area contributed by atoms with Crippen LogP contribution in [0, 0.1) is 11.8 Å². The van der Waals surface area contributed by atoms with Gasteiger partial charge in [0.2, 0.25) is 0 Å². The maximum absolute atomic E-state index is 11.3. The van der Waals surface area contributed by atoms with Crippen LogP contribution in [0.2, 0.25) is 0 Å². The molecule has 0 aromatic heterocycles. The minimum atomic E-state index is -0.0533. The van der Waals surface area contributed by atoms with Gasteiger partial charge in [-0.2, -0.15) is 0 Å². The third kappa shape index (κ3) is 3.27. The highest BCUT2D eigenvalue weighted by molar-refractivity contribution is 5.72. The Kier molecular flexibility index (Phi) is 4.90. The lowest BCUT2D eigenvalue weighted by Gasteiger charge is -2.27. The smallest absolute Gasteiger partial charge is 0.308 e. The van der Waals surface area contributed by atoms with Crippen molar-refractivity contribution >= 4 is 5.97 Å². The fourth-order valence-electron chi connectivity index (χ4n) is 2.14. The molecule has 1 aliphatic carbocycles. The van der Waals surface area contributed by atoms with Crippen molar-refractivity contribution in [3.8, 4) is 0 Å². The van der Waals surface area contributed by atoms with E-state index in [0.717, 1.165) is 25.8 Å². The Morgan fingerprint density at radius 3 is 3.00 bits per heavy atom. The van der Waals surface area contributed by atoms with Gasteiger partial charge in [0.05, 0.1) is 13.0 Å². The number of rotatable bonds is 4. The van der Waals surface area contributed by atoms with E-state index in [9.17, 15) is 4.79 Å². The van der Waals surface area contributed by atoms with Crippen LogP contribution in [0.25, 0.3) is 0 Å². The van der Waals surface area contributed by atoms with Gasteiger partial charge in [0.25, 0.3) is 0 Å². The fraction of sp³-hybridized carbons (Fsp3) is 0.900. The van der Waals surface area contributed by atoms with E-state index in [1.807, 2.05) is 0 Å². The summed E-state index contributed by atoms with van der Waals surface area (Å²) in [4.78, 5) is 11.3. The number of carbonyl (C=O) groups is 1. The average molecular weight is 200 g/mol. The lowest BCUT2D eigenvalue weighted by atomic mass is 9.81. The van der Waals surface area contributed by atoms with Crippen molar-refractivity contribution in [3.63, 3.8) is 0 Å². The number of nitrogens with one attached hydrogen (secondary N) is 1. The largest absolute Gasteiger partial charge is 0.469 e.